The molecule has 0 amide bonds. The largest absolute Gasteiger partial charge is 0.542 e. The minimum atomic E-state index is -2.10. The van der Waals surface area contributed by atoms with Gasteiger partial charge < -0.3 is 9.16 Å². The van der Waals surface area contributed by atoms with E-state index in [0.717, 1.165) is 5.56 Å². The lowest BCUT2D eigenvalue weighted by atomic mass is 10.2. The van der Waals surface area contributed by atoms with Crippen molar-refractivity contribution in [2.24, 2.45) is 4.99 Å². The van der Waals surface area contributed by atoms with Gasteiger partial charge in [0, 0.05) is 11.2 Å². The van der Waals surface area contributed by atoms with Crippen molar-refractivity contribution in [3.8, 4) is 5.75 Å². The molecular weight excluding hydrogens is 378 g/mol. The topological polar surface area (TPSA) is 47.9 Å². The van der Waals surface area contributed by atoms with Crippen molar-refractivity contribution in [3.63, 3.8) is 0 Å². The summed E-state index contributed by atoms with van der Waals surface area (Å²) in [6.45, 7) is 10.8. The number of hydrogen-bond acceptors (Lipinski definition) is 4. The van der Waals surface area contributed by atoms with E-state index in [4.69, 9.17) is 20.8 Å². The second kappa shape index (κ2) is 8.27. The summed E-state index contributed by atoms with van der Waals surface area (Å²) >= 11 is 5.93. The SMILES string of the molecule is COC(=O)c1ccc(N=Cc2ccc(Cl)cc2)c(O[Si](C)(C)C(C)(C)C)c1. The molecule has 0 spiro atoms. The number of benzene rings is 2. The van der Waals surface area contributed by atoms with Crippen molar-refractivity contribution >= 4 is 37.8 Å². The maximum atomic E-state index is 11.9. The van der Waals surface area contributed by atoms with Gasteiger partial charge in [-0.25, -0.2) is 4.79 Å². The summed E-state index contributed by atoms with van der Waals surface area (Å²) < 4.78 is 11.3. The number of methoxy groups -OCH3 is 1. The Bertz CT molecular complexity index is 839. The smallest absolute Gasteiger partial charge is 0.337 e. The third-order valence-corrected chi connectivity index (χ3v) is 9.37. The molecule has 0 aliphatic heterocycles. The first-order valence-electron chi connectivity index (χ1n) is 8.74. The molecule has 0 bridgehead atoms. The maximum absolute atomic E-state index is 11.9. The van der Waals surface area contributed by atoms with Gasteiger partial charge in [0.15, 0.2) is 0 Å². The predicted octanol–water partition coefficient (Wildman–Crippen LogP) is 6.26. The Morgan fingerprint density at radius 3 is 2.30 bits per heavy atom. The Morgan fingerprint density at radius 2 is 1.74 bits per heavy atom. The van der Waals surface area contributed by atoms with Crippen LogP contribution in [0.2, 0.25) is 23.2 Å². The normalized spacial score (nSPS) is 12.3. The number of carbonyl (C=O) groups excluding carboxylic acids is 1. The molecule has 0 heterocycles. The van der Waals surface area contributed by atoms with E-state index in [1.807, 2.05) is 24.3 Å². The lowest BCUT2D eigenvalue weighted by Gasteiger charge is -2.36. The number of halogens is 1. The average molecular weight is 404 g/mol. The zero-order chi connectivity index (χ0) is 20.2. The fourth-order valence-electron chi connectivity index (χ4n) is 2.07. The number of nitrogens with zero attached hydrogens (tertiary/aromatic N) is 1. The first kappa shape index (κ1) is 21.2. The molecule has 6 heteroatoms. The zero-order valence-corrected chi connectivity index (χ0v) is 18.4. The molecule has 0 aliphatic rings. The number of rotatable bonds is 5. The molecule has 0 aromatic heterocycles. The van der Waals surface area contributed by atoms with E-state index >= 15 is 0 Å². The van der Waals surface area contributed by atoms with Crippen molar-refractivity contribution < 1.29 is 14.0 Å². The van der Waals surface area contributed by atoms with Gasteiger partial charge in [-0.3, -0.25) is 4.99 Å². The molecule has 0 fully saturated rings. The van der Waals surface area contributed by atoms with Crippen LogP contribution in [-0.4, -0.2) is 27.6 Å². The first-order chi connectivity index (χ1) is 12.5. The average Bonchev–Trinajstić information content (AvgIpc) is 2.60. The molecule has 0 saturated heterocycles. The van der Waals surface area contributed by atoms with Gasteiger partial charge in [-0.1, -0.05) is 44.5 Å². The van der Waals surface area contributed by atoms with E-state index in [-0.39, 0.29) is 5.04 Å². The second-order valence-electron chi connectivity index (χ2n) is 7.85. The van der Waals surface area contributed by atoms with Crippen LogP contribution in [0.1, 0.15) is 36.7 Å². The molecule has 144 valence electrons. The van der Waals surface area contributed by atoms with Gasteiger partial charge in [-0.05, 0) is 54.0 Å². The van der Waals surface area contributed by atoms with Gasteiger partial charge in [0.1, 0.15) is 11.4 Å². The van der Waals surface area contributed by atoms with E-state index in [0.29, 0.717) is 22.0 Å². The highest BCUT2D eigenvalue weighted by atomic mass is 35.5. The van der Waals surface area contributed by atoms with Crippen molar-refractivity contribution in [2.75, 3.05) is 7.11 Å². The molecule has 0 saturated carbocycles. The van der Waals surface area contributed by atoms with Crippen LogP contribution < -0.4 is 4.43 Å². The van der Waals surface area contributed by atoms with Crippen LogP contribution >= 0.6 is 11.6 Å². The monoisotopic (exact) mass is 403 g/mol. The van der Waals surface area contributed by atoms with Gasteiger partial charge in [0.2, 0.25) is 0 Å². The first-order valence-corrected chi connectivity index (χ1v) is 12.0. The van der Waals surface area contributed by atoms with Crippen LogP contribution in [0.4, 0.5) is 5.69 Å². The van der Waals surface area contributed by atoms with Crippen LogP contribution in [0.3, 0.4) is 0 Å². The zero-order valence-electron chi connectivity index (χ0n) is 16.7. The molecule has 0 N–H and O–H groups in total. The van der Waals surface area contributed by atoms with Crippen LogP contribution in [0.5, 0.6) is 5.75 Å². The minimum absolute atomic E-state index is 0.0193. The van der Waals surface area contributed by atoms with Crippen LogP contribution in [0.15, 0.2) is 47.5 Å². The summed E-state index contributed by atoms with van der Waals surface area (Å²) in [6, 6.07) is 12.6. The fourth-order valence-corrected chi connectivity index (χ4v) is 3.21. The molecule has 2 aromatic rings. The summed E-state index contributed by atoms with van der Waals surface area (Å²) in [4.78, 5) is 16.5. The molecule has 27 heavy (non-hydrogen) atoms. The minimum Gasteiger partial charge on any atom is -0.542 e. The summed E-state index contributed by atoms with van der Waals surface area (Å²) in [5, 5.41) is 0.697. The highest BCUT2D eigenvalue weighted by Gasteiger charge is 2.39. The van der Waals surface area contributed by atoms with Crippen molar-refractivity contribution in [3.05, 3.63) is 58.6 Å². The Hall–Kier alpha value is -2.11. The molecule has 0 aliphatic carbocycles. The Morgan fingerprint density at radius 1 is 1.11 bits per heavy atom. The molecule has 2 aromatic carbocycles. The van der Waals surface area contributed by atoms with E-state index in [1.165, 1.54) is 7.11 Å². The third kappa shape index (κ3) is 5.43. The lowest BCUT2D eigenvalue weighted by molar-refractivity contribution is 0.0600. The highest BCUT2D eigenvalue weighted by Crippen LogP contribution is 2.40. The van der Waals surface area contributed by atoms with E-state index < -0.39 is 14.3 Å². The molecule has 0 unspecified atom stereocenters. The van der Waals surface area contributed by atoms with Gasteiger partial charge in [0.25, 0.3) is 8.32 Å². The molecule has 0 atom stereocenters. The number of carbonyl (C=O) groups is 1. The Labute approximate surface area is 167 Å². The Balaban J connectivity index is 2.43. The van der Waals surface area contributed by atoms with Gasteiger partial charge in [0.05, 0.1) is 12.7 Å². The Kier molecular flexibility index (Phi) is 6.49. The van der Waals surface area contributed by atoms with Gasteiger partial charge >= 0.3 is 5.97 Å². The lowest BCUT2D eigenvalue weighted by Crippen LogP contribution is -2.43. The van der Waals surface area contributed by atoms with E-state index in [9.17, 15) is 4.79 Å². The second-order valence-corrected chi connectivity index (χ2v) is 13.0. The molecule has 2 rings (SSSR count). The number of esters is 1. The summed E-state index contributed by atoms with van der Waals surface area (Å²) in [5.41, 5.74) is 2.04. The van der Waals surface area contributed by atoms with Crippen LogP contribution in [0.25, 0.3) is 0 Å². The molecular formula is C21H26ClNO3Si. The van der Waals surface area contributed by atoms with Gasteiger partial charge in [-0.15, -0.1) is 0 Å². The molecule has 4 nitrogen and oxygen atoms in total. The van der Waals surface area contributed by atoms with E-state index in [1.54, 1.807) is 24.4 Å². The number of aliphatic imine (C=N–C) groups is 1. The van der Waals surface area contributed by atoms with Crippen LogP contribution in [0, 0.1) is 0 Å². The molecule has 0 radical (unpaired) electrons. The summed E-state index contributed by atoms with van der Waals surface area (Å²) in [5.74, 6) is 0.193. The van der Waals surface area contributed by atoms with Crippen molar-refractivity contribution in [1.82, 2.24) is 0 Å². The van der Waals surface area contributed by atoms with Gasteiger partial charge in [-0.2, -0.15) is 0 Å². The quantitative estimate of drug-likeness (QED) is 0.336. The van der Waals surface area contributed by atoms with Crippen LogP contribution in [-0.2, 0) is 4.74 Å². The van der Waals surface area contributed by atoms with E-state index in [2.05, 4.69) is 38.9 Å². The predicted molar refractivity (Wildman–Crippen MR) is 114 cm³/mol. The maximum Gasteiger partial charge on any atom is 0.337 e. The summed E-state index contributed by atoms with van der Waals surface area (Å²) in [6.07, 6.45) is 1.75. The highest BCUT2D eigenvalue weighted by molar-refractivity contribution is 6.74. The standard InChI is InChI=1S/C21H26ClNO3Si/c1-21(2,3)27(5,6)26-19-13-16(20(24)25-4)9-12-18(19)23-14-15-7-10-17(22)11-8-15/h7-14H,1-6H3. The third-order valence-electron chi connectivity index (χ3n) is 4.77. The van der Waals surface area contributed by atoms with Crippen molar-refractivity contribution in [2.45, 2.75) is 38.9 Å². The number of hydrogen-bond donors (Lipinski definition) is 0. The van der Waals surface area contributed by atoms with Crippen molar-refractivity contribution in [1.29, 1.82) is 0 Å². The fraction of sp³-hybridized carbons (Fsp3) is 0.333. The summed E-state index contributed by atoms with van der Waals surface area (Å²) in [7, 11) is -0.740. The number of ether oxygens (including phenoxy) is 1.